The molecule has 1 unspecified atom stereocenters. The first kappa shape index (κ1) is 18.6. The molecule has 0 bridgehead atoms. The van der Waals surface area contributed by atoms with E-state index in [-0.39, 0.29) is 11.7 Å². The molecule has 2 heterocycles. The van der Waals surface area contributed by atoms with E-state index >= 15 is 0 Å². The molecule has 0 spiro atoms. The normalized spacial score (nSPS) is 17.1. The van der Waals surface area contributed by atoms with E-state index in [4.69, 9.17) is 0 Å². The number of anilines is 2. The minimum atomic E-state index is -0.238. The highest BCUT2D eigenvalue weighted by Gasteiger charge is 2.17. The van der Waals surface area contributed by atoms with Gasteiger partial charge in [0.2, 0.25) is 0 Å². The molecule has 0 saturated carbocycles. The number of hydrogen-bond donors (Lipinski definition) is 3. The molecule has 1 aromatic heterocycles. The summed E-state index contributed by atoms with van der Waals surface area (Å²) in [6.07, 6.45) is 1.67. The first-order chi connectivity index (χ1) is 13.5. The van der Waals surface area contributed by atoms with Crippen LogP contribution in [0.1, 0.15) is 29.5 Å². The molecule has 1 saturated heterocycles. The lowest BCUT2D eigenvalue weighted by molar-refractivity contribution is 0.154. The monoisotopic (exact) mass is 377 g/mol. The van der Waals surface area contributed by atoms with Crippen LogP contribution in [0, 0.1) is 13.8 Å². The zero-order chi connectivity index (χ0) is 19.7. The molecule has 1 aliphatic heterocycles. The summed E-state index contributed by atoms with van der Waals surface area (Å²) in [6.45, 7) is 6.25. The molecule has 1 atom stereocenters. The molecule has 5 nitrogen and oxygen atoms in total. The van der Waals surface area contributed by atoms with Gasteiger partial charge in [-0.3, -0.25) is 4.79 Å². The maximum absolute atomic E-state index is 12.4. The lowest BCUT2D eigenvalue weighted by atomic mass is 10.0. The number of nitrogens with one attached hydrogen (secondary N) is 2. The summed E-state index contributed by atoms with van der Waals surface area (Å²) in [5.74, 6) is 0. The number of rotatable bonds is 4. The number of fused-ring (bicyclic) bond motifs is 1. The Morgan fingerprint density at radius 3 is 2.71 bits per heavy atom. The molecule has 0 amide bonds. The van der Waals surface area contributed by atoms with Crippen molar-refractivity contribution < 1.29 is 5.11 Å². The molecule has 5 heteroatoms. The number of benzene rings is 2. The predicted octanol–water partition coefficient (Wildman–Crippen LogP) is 3.72. The maximum Gasteiger partial charge on any atom is 0.253 e. The summed E-state index contributed by atoms with van der Waals surface area (Å²) >= 11 is 0. The van der Waals surface area contributed by atoms with Crippen LogP contribution in [0.15, 0.2) is 47.3 Å². The van der Waals surface area contributed by atoms with Gasteiger partial charge in [0.15, 0.2) is 0 Å². The molecular weight excluding hydrogens is 350 g/mol. The summed E-state index contributed by atoms with van der Waals surface area (Å²) < 4.78 is 0. The summed E-state index contributed by atoms with van der Waals surface area (Å²) in [5, 5.41) is 14.3. The van der Waals surface area contributed by atoms with Gasteiger partial charge in [-0.2, -0.15) is 0 Å². The molecule has 4 rings (SSSR count). The van der Waals surface area contributed by atoms with Crippen LogP contribution in [0.5, 0.6) is 0 Å². The highest BCUT2D eigenvalue weighted by Crippen LogP contribution is 2.23. The fourth-order valence-electron chi connectivity index (χ4n) is 4.02. The van der Waals surface area contributed by atoms with Crippen LogP contribution in [-0.4, -0.2) is 29.3 Å². The average molecular weight is 377 g/mol. The number of piperidine rings is 1. The van der Waals surface area contributed by atoms with Gasteiger partial charge < -0.3 is 20.3 Å². The highest BCUT2D eigenvalue weighted by molar-refractivity contribution is 5.83. The molecule has 28 heavy (non-hydrogen) atoms. The van der Waals surface area contributed by atoms with Crippen LogP contribution < -0.4 is 15.8 Å². The number of hydrogen-bond acceptors (Lipinski definition) is 4. The number of nitrogens with zero attached hydrogens (tertiary/aromatic N) is 1. The van der Waals surface area contributed by atoms with E-state index in [1.807, 2.05) is 31.2 Å². The summed E-state index contributed by atoms with van der Waals surface area (Å²) in [5.41, 5.74) is 5.97. The van der Waals surface area contributed by atoms with Crippen LogP contribution in [-0.2, 0) is 6.54 Å². The first-order valence-electron chi connectivity index (χ1n) is 9.90. The summed E-state index contributed by atoms with van der Waals surface area (Å²) in [7, 11) is 0. The Bertz CT molecular complexity index is 1040. The van der Waals surface area contributed by atoms with Gasteiger partial charge in [0, 0.05) is 47.5 Å². The zero-order valence-electron chi connectivity index (χ0n) is 16.5. The van der Waals surface area contributed by atoms with Crippen LogP contribution in [0.25, 0.3) is 10.9 Å². The lowest BCUT2D eigenvalue weighted by Crippen LogP contribution is -2.38. The number of aromatic amines is 1. The van der Waals surface area contributed by atoms with Crippen molar-refractivity contribution in [3.8, 4) is 0 Å². The second kappa shape index (κ2) is 7.68. The van der Waals surface area contributed by atoms with E-state index in [1.165, 1.54) is 5.56 Å². The number of aromatic nitrogens is 1. The van der Waals surface area contributed by atoms with Crippen molar-refractivity contribution in [2.45, 2.75) is 39.3 Å². The third kappa shape index (κ3) is 3.90. The van der Waals surface area contributed by atoms with E-state index in [0.29, 0.717) is 13.1 Å². The largest absolute Gasteiger partial charge is 0.391 e. The standard InChI is InChI=1S/C23H27N3O2/c1-15-10-16(2)21-12-17(23(28)25-22(21)11-15)13-24-18-5-7-19(8-6-18)26-9-3-4-20(27)14-26/h5-8,10-12,20,24,27H,3-4,9,13-14H2,1-2H3,(H,25,28). The molecule has 0 aliphatic carbocycles. The molecule has 3 aromatic rings. The quantitative estimate of drug-likeness (QED) is 0.648. The van der Waals surface area contributed by atoms with Crippen molar-refractivity contribution in [1.29, 1.82) is 0 Å². The molecule has 2 aromatic carbocycles. The van der Waals surface area contributed by atoms with Gasteiger partial charge in [0.25, 0.3) is 5.56 Å². The van der Waals surface area contributed by atoms with Crippen LogP contribution >= 0.6 is 0 Å². The van der Waals surface area contributed by atoms with E-state index in [9.17, 15) is 9.90 Å². The van der Waals surface area contributed by atoms with Crippen molar-refractivity contribution in [3.63, 3.8) is 0 Å². The van der Waals surface area contributed by atoms with E-state index < -0.39 is 0 Å². The number of β-amino-alcohol motifs (C(OH)–C–C–N with tert-alkyl or cyclic N) is 1. The predicted molar refractivity (Wildman–Crippen MR) is 115 cm³/mol. The number of pyridine rings is 1. The fourth-order valence-corrected chi connectivity index (χ4v) is 4.02. The Morgan fingerprint density at radius 1 is 1.18 bits per heavy atom. The van der Waals surface area contributed by atoms with Gasteiger partial charge in [-0.1, -0.05) is 6.07 Å². The van der Waals surface area contributed by atoms with Crippen molar-refractivity contribution in [2.75, 3.05) is 23.3 Å². The third-order valence-corrected chi connectivity index (χ3v) is 5.50. The van der Waals surface area contributed by atoms with Gasteiger partial charge in [-0.25, -0.2) is 0 Å². The number of aliphatic hydroxyl groups is 1. The Kier molecular flexibility index (Phi) is 5.09. The van der Waals surface area contributed by atoms with Gasteiger partial charge in [-0.15, -0.1) is 0 Å². The molecule has 0 radical (unpaired) electrons. The number of aliphatic hydroxyl groups excluding tert-OH is 1. The number of aryl methyl sites for hydroxylation is 2. The van der Waals surface area contributed by atoms with Crippen LogP contribution in [0.2, 0.25) is 0 Å². The van der Waals surface area contributed by atoms with Gasteiger partial charge in [0.1, 0.15) is 0 Å². The SMILES string of the molecule is Cc1cc(C)c2cc(CNc3ccc(N4CCCC(O)C4)cc3)c(=O)[nH]c2c1. The maximum atomic E-state index is 12.4. The van der Waals surface area contributed by atoms with Crippen molar-refractivity contribution in [2.24, 2.45) is 0 Å². The Morgan fingerprint density at radius 2 is 1.96 bits per heavy atom. The van der Waals surface area contributed by atoms with Gasteiger partial charge in [0.05, 0.1) is 6.10 Å². The van der Waals surface area contributed by atoms with Crippen LogP contribution in [0.3, 0.4) is 0 Å². The topological polar surface area (TPSA) is 68.4 Å². The third-order valence-electron chi connectivity index (χ3n) is 5.50. The fraction of sp³-hybridized carbons (Fsp3) is 0.348. The smallest absolute Gasteiger partial charge is 0.253 e. The average Bonchev–Trinajstić information content (AvgIpc) is 2.67. The second-order valence-corrected chi connectivity index (χ2v) is 7.81. The van der Waals surface area contributed by atoms with Crippen molar-refractivity contribution in [3.05, 3.63) is 69.5 Å². The second-order valence-electron chi connectivity index (χ2n) is 7.81. The van der Waals surface area contributed by atoms with Crippen LogP contribution in [0.4, 0.5) is 11.4 Å². The minimum absolute atomic E-state index is 0.0519. The Balaban J connectivity index is 1.48. The van der Waals surface area contributed by atoms with Crippen molar-refractivity contribution in [1.82, 2.24) is 4.98 Å². The lowest BCUT2D eigenvalue weighted by Gasteiger charge is -2.32. The first-order valence-corrected chi connectivity index (χ1v) is 9.90. The summed E-state index contributed by atoms with van der Waals surface area (Å²) in [4.78, 5) is 17.7. The van der Waals surface area contributed by atoms with E-state index in [1.54, 1.807) is 0 Å². The van der Waals surface area contributed by atoms with Gasteiger partial charge in [-0.05, 0) is 74.2 Å². The van der Waals surface area contributed by atoms with E-state index in [2.05, 4.69) is 40.3 Å². The van der Waals surface area contributed by atoms with Gasteiger partial charge >= 0.3 is 0 Å². The Labute approximate surface area is 165 Å². The van der Waals surface area contributed by atoms with E-state index in [0.717, 1.165) is 52.8 Å². The molecule has 1 fully saturated rings. The molecular formula is C23H27N3O2. The Hall–Kier alpha value is -2.79. The highest BCUT2D eigenvalue weighted by atomic mass is 16.3. The zero-order valence-corrected chi connectivity index (χ0v) is 16.5. The molecule has 1 aliphatic rings. The number of H-pyrrole nitrogens is 1. The van der Waals surface area contributed by atoms with Crippen molar-refractivity contribution >= 4 is 22.3 Å². The molecule has 146 valence electrons. The molecule has 3 N–H and O–H groups in total. The minimum Gasteiger partial charge on any atom is -0.391 e. The summed E-state index contributed by atoms with van der Waals surface area (Å²) in [6, 6.07) is 14.3.